The second-order valence-electron chi connectivity index (χ2n) is 8.53. The molecule has 0 unspecified atom stereocenters. The quantitative estimate of drug-likeness (QED) is 0.646. The van der Waals surface area contributed by atoms with E-state index >= 15 is 0 Å². The highest BCUT2D eigenvalue weighted by Crippen LogP contribution is 2.27. The number of hydrogen-bond donors (Lipinski definition) is 1. The van der Waals surface area contributed by atoms with E-state index in [0.29, 0.717) is 11.5 Å². The first-order chi connectivity index (χ1) is 14.0. The lowest BCUT2D eigenvalue weighted by Gasteiger charge is -2.28. The summed E-state index contributed by atoms with van der Waals surface area (Å²) >= 11 is 0. The van der Waals surface area contributed by atoms with Crippen molar-refractivity contribution in [2.24, 2.45) is 5.92 Å². The van der Waals surface area contributed by atoms with Crippen LogP contribution in [0.5, 0.6) is 5.75 Å². The Morgan fingerprint density at radius 1 is 1.17 bits per heavy atom. The molecule has 0 saturated heterocycles. The van der Waals surface area contributed by atoms with Gasteiger partial charge in [0.2, 0.25) is 0 Å². The third kappa shape index (κ3) is 4.61. The molecule has 1 aliphatic rings. The molecule has 0 radical (unpaired) electrons. The number of carbonyl (C=O) groups is 1. The number of carbonyl (C=O) groups excluding carboxylic acids is 1. The Hall–Kier alpha value is -2.82. The van der Waals surface area contributed by atoms with Crippen LogP contribution in [-0.2, 0) is 5.54 Å². The Kier molecular flexibility index (Phi) is 5.56. The summed E-state index contributed by atoms with van der Waals surface area (Å²) in [6, 6.07) is 11.7. The Morgan fingerprint density at radius 3 is 2.83 bits per heavy atom. The van der Waals surface area contributed by atoms with Crippen LogP contribution in [0, 0.1) is 5.92 Å². The smallest absolute Gasteiger partial charge is 0.252 e. The van der Waals surface area contributed by atoms with Crippen molar-refractivity contribution in [2.75, 3.05) is 6.61 Å². The van der Waals surface area contributed by atoms with Crippen LogP contribution < -0.4 is 10.1 Å². The second kappa shape index (κ2) is 8.27. The van der Waals surface area contributed by atoms with Gasteiger partial charge in [-0.05, 0) is 62.4 Å². The molecule has 0 spiro atoms. The minimum atomic E-state index is -0.525. The van der Waals surface area contributed by atoms with Crippen LogP contribution in [0.3, 0.4) is 0 Å². The molecule has 5 heteroatoms. The average molecular weight is 392 g/mol. The molecular formula is C24H29N3O2. The summed E-state index contributed by atoms with van der Waals surface area (Å²) in [6.45, 7) is 4.80. The van der Waals surface area contributed by atoms with E-state index in [1.807, 2.05) is 61.0 Å². The fourth-order valence-corrected chi connectivity index (χ4v) is 4.02. The van der Waals surface area contributed by atoms with Gasteiger partial charge in [-0.3, -0.25) is 4.79 Å². The van der Waals surface area contributed by atoms with E-state index < -0.39 is 5.54 Å². The number of nitrogens with one attached hydrogen (secondary N) is 1. The Balaban J connectivity index is 1.43. The number of pyridine rings is 1. The Labute approximate surface area is 172 Å². The molecule has 152 valence electrons. The summed E-state index contributed by atoms with van der Waals surface area (Å²) in [5.41, 5.74) is 1.85. The molecule has 1 aliphatic carbocycles. The van der Waals surface area contributed by atoms with Crippen LogP contribution in [0.2, 0.25) is 0 Å². The molecule has 1 N–H and O–H groups in total. The summed E-state index contributed by atoms with van der Waals surface area (Å²) in [7, 11) is 0. The van der Waals surface area contributed by atoms with E-state index in [1.165, 1.54) is 32.1 Å². The van der Waals surface area contributed by atoms with Gasteiger partial charge >= 0.3 is 0 Å². The number of ether oxygens (including phenoxy) is 1. The molecule has 4 rings (SSSR count). The summed E-state index contributed by atoms with van der Waals surface area (Å²) in [5.74, 6) is 1.42. The fraction of sp³-hybridized carbons (Fsp3) is 0.417. The van der Waals surface area contributed by atoms with Gasteiger partial charge in [-0.25, -0.2) is 4.98 Å². The zero-order valence-electron chi connectivity index (χ0n) is 17.2. The van der Waals surface area contributed by atoms with Crippen molar-refractivity contribution in [3.63, 3.8) is 0 Å². The molecule has 3 aromatic rings. The maximum absolute atomic E-state index is 12.8. The highest BCUT2D eigenvalue weighted by molar-refractivity contribution is 5.95. The zero-order chi connectivity index (χ0) is 20.3. The molecular weight excluding hydrogens is 362 g/mol. The zero-order valence-corrected chi connectivity index (χ0v) is 17.2. The fourth-order valence-electron chi connectivity index (χ4n) is 4.02. The third-order valence-electron chi connectivity index (χ3n) is 5.85. The highest BCUT2D eigenvalue weighted by atomic mass is 16.5. The molecule has 0 atom stereocenters. The van der Waals surface area contributed by atoms with Gasteiger partial charge in [-0.1, -0.05) is 31.4 Å². The lowest BCUT2D eigenvalue weighted by Crippen LogP contribution is -2.41. The molecule has 5 nitrogen and oxygen atoms in total. The van der Waals surface area contributed by atoms with Crippen LogP contribution in [0.15, 0.2) is 55.0 Å². The van der Waals surface area contributed by atoms with E-state index in [2.05, 4.69) is 10.3 Å². The van der Waals surface area contributed by atoms with Crippen LogP contribution in [0.1, 0.15) is 61.9 Å². The maximum atomic E-state index is 12.8. The number of imidazole rings is 1. The number of nitrogens with zero attached hydrogens (tertiary/aromatic N) is 2. The molecule has 2 heterocycles. The van der Waals surface area contributed by atoms with E-state index in [0.717, 1.165) is 23.6 Å². The largest absolute Gasteiger partial charge is 0.493 e. The maximum Gasteiger partial charge on any atom is 0.252 e. The molecule has 29 heavy (non-hydrogen) atoms. The van der Waals surface area contributed by atoms with Gasteiger partial charge < -0.3 is 14.5 Å². The number of aromatic nitrogens is 2. The first kappa shape index (κ1) is 19.5. The monoisotopic (exact) mass is 391 g/mol. The van der Waals surface area contributed by atoms with Crippen LogP contribution >= 0.6 is 0 Å². The lowest BCUT2D eigenvalue weighted by molar-refractivity contribution is 0.0912. The molecule has 2 aromatic heterocycles. The number of amides is 1. The second-order valence-corrected chi connectivity index (χ2v) is 8.53. The molecule has 1 saturated carbocycles. The SMILES string of the molecule is CC(C)(NC(=O)c1ccn2ccnc2c1)c1cccc(OCC2CCCCC2)c1. The first-order valence-corrected chi connectivity index (χ1v) is 10.5. The molecule has 1 fully saturated rings. The standard InChI is InChI=1S/C24H29N3O2/c1-24(2,26-23(28)19-11-13-27-14-12-25-22(27)15-19)20-9-6-10-21(16-20)29-17-18-7-4-3-5-8-18/h6,9-16,18H,3-5,7-8,17H2,1-2H3,(H,26,28). The van der Waals surface area contributed by atoms with Crippen molar-refractivity contribution < 1.29 is 9.53 Å². The minimum absolute atomic E-state index is 0.117. The lowest BCUT2D eigenvalue weighted by atomic mass is 9.90. The Bertz CT molecular complexity index is 986. The van der Waals surface area contributed by atoms with Gasteiger partial charge in [0, 0.05) is 24.2 Å². The van der Waals surface area contributed by atoms with Gasteiger partial charge in [-0.2, -0.15) is 0 Å². The van der Waals surface area contributed by atoms with E-state index in [-0.39, 0.29) is 5.91 Å². The molecule has 0 bridgehead atoms. The normalized spacial score (nSPS) is 15.4. The topological polar surface area (TPSA) is 55.6 Å². The number of fused-ring (bicyclic) bond motifs is 1. The van der Waals surface area contributed by atoms with Crippen molar-refractivity contribution in [2.45, 2.75) is 51.5 Å². The van der Waals surface area contributed by atoms with Gasteiger partial charge in [-0.15, -0.1) is 0 Å². The predicted molar refractivity (Wildman–Crippen MR) is 114 cm³/mol. The van der Waals surface area contributed by atoms with Crippen molar-refractivity contribution in [1.82, 2.24) is 14.7 Å². The molecule has 0 aliphatic heterocycles. The van der Waals surface area contributed by atoms with Gasteiger partial charge in [0.05, 0.1) is 12.1 Å². The van der Waals surface area contributed by atoms with E-state index in [9.17, 15) is 4.79 Å². The Morgan fingerprint density at radius 2 is 2.00 bits per heavy atom. The van der Waals surface area contributed by atoms with Gasteiger partial charge in [0.1, 0.15) is 11.4 Å². The number of rotatable bonds is 6. The highest BCUT2D eigenvalue weighted by Gasteiger charge is 2.24. The van der Waals surface area contributed by atoms with Crippen molar-refractivity contribution in [3.8, 4) is 5.75 Å². The van der Waals surface area contributed by atoms with Gasteiger partial charge in [0.15, 0.2) is 0 Å². The minimum Gasteiger partial charge on any atom is -0.493 e. The van der Waals surface area contributed by atoms with Crippen molar-refractivity contribution in [1.29, 1.82) is 0 Å². The van der Waals surface area contributed by atoms with Crippen molar-refractivity contribution in [3.05, 3.63) is 66.1 Å². The number of benzene rings is 1. The van der Waals surface area contributed by atoms with Crippen LogP contribution in [0.25, 0.3) is 5.65 Å². The summed E-state index contributed by atoms with van der Waals surface area (Å²) in [4.78, 5) is 17.1. The molecule has 1 amide bonds. The summed E-state index contributed by atoms with van der Waals surface area (Å²) in [6.07, 6.45) is 12.0. The van der Waals surface area contributed by atoms with E-state index in [4.69, 9.17) is 4.74 Å². The third-order valence-corrected chi connectivity index (χ3v) is 5.85. The van der Waals surface area contributed by atoms with Crippen LogP contribution in [-0.4, -0.2) is 21.9 Å². The summed E-state index contributed by atoms with van der Waals surface area (Å²) < 4.78 is 7.97. The van der Waals surface area contributed by atoms with Crippen LogP contribution in [0.4, 0.5) is 0 Å². The van der Waals surface area contributed by atoms with Crippen molar-refractivity contribution >= 4 is 11.6 Å². The first-order valence-electron chi connectivity index (χ1n) is 10.5. The van der Waals surface area contributed by atoms with E-state index in [1.54, 1.807) is 12.3 Å². The number of hydrogen-bond acceptors (Lipinski definition) is 3. The molecule has 1 aromatic carbocycles. The summed E-state index contributed by atoms with van der Waals surface area (Å²) in [5, 5.41) is 3.15. The predicted octanol–water partition coefficient (Wildman–Crippen LogP) is 4.96. The van der Waals surface area contributed by atoms with Gasteiger partial charge in [0.25, 0.3) is 5.91 Å². The average Bonchev–Trinajstić information content (AvgIpc) is 3.21.